The monoisotopic (exact) mass is 339 g/mol. The Morgan fingerprint density at radius 1 is 1.17 bits per heavy atom. The summed E-state index contributed by atoms with van der Waals surface area (Å²) < 4.78 is 23.2. The Bertz CT molecular complexity index is 682. The van der Waals surface area contributed by atoms with Crippen molar-refractivity contribution in [3.8, 4) is 0 Å². The van der Waals surface area contributed by atoms with Crippen molar-refractivity contribution >= 4 is 56.3 Å². The highest BCUT2D eigenvalue weighted by Crippen LogP contribution is 2.39. The Kier molecular flexibility index (Phi) is 4.25. The molecule has 2 aromatic rings. The molecule has 2 rings (SSSR count). The molecule has 1 aromatic carbocycles. The molecule has 1 aromatic heterocycles. The van der Waals surface area contributed by atoms with Gasteiger partial charge < -0.3 is 0 Å². The predicted molar refractivity (Wildman–Crippen MR) is 76.3 cm³/mol. The summed E-state index contributed by atoms with van der Waals surface area (Å²) in [7, 11) is -3.65. The van der Waals surface area contributed by atoms with Gasteiger partial charge in [0.05, 0.1) is 9.23 Å². The van der Waals surface area contributed by atoms with Crippen LogP contribution >= 0.6 is 46.3 Å². The van der Waals surface area contributed by atoms with Crippen LogP contribution in [0.15, 0.2) is 43.6 Å². The van der Waals surface area contributed by atoms with Crippen LogP contribution in [0.5, 0.6) is 0 Å². The van der Waals surface area contributed by atoms with Crippen LogP contribution in [0.4, 0.5) is 0 Å². The van der Waals surface area contributed by atoms with Gasteiger partial charge >= 0.3 is 0 Å². The van der Waals surface area contributed by atoms with E-state index in [2.05, 4.69) is 0 Å². The van der Waals surface area contributed by atoms with Gasteiger partial charge in [0.15, 0.2) is 0 Å². The maximum atomic E-state index is 11.2. The lowest BCUT2D eigenvalue weighted by atomic mass is 10.4. The largest absolute Gasteiger partial charge is 0.247 e. The normalized spacial score (nSPS) is 11.7. The van der Waals surface area contributed by atoms with Crippen LogP contribution in [-0.4, -0.2) is 8.42 Å². The van der Waals surface area contributed by atoms with Gasteiger partial charge in [0.25, 0.3) is 0 Å². The molecular weight excluding hydrogens is 333 g/mol. The lowest BCUT2D eigenvalue weighted by Crippen LogP contribution is -2.09. The second-order valence-corrected chi connectivity index (χ2v) is 8.35. The van der Waals surface area contributed by atoms with Crippen molar-refractivity contribution in [3.05, 3.63) is 40.4 Å². The van der Waals surface area contributed by atoms with Crippen LogP contribution in [-0.2, 0) is 10.0 Å². The van der Waals surface area contributed by atoms with Crippen molar-refractivity contribution < 1.29 is 8.42 Å². The van der Waals surface area contributed by atoms with E-state index in [1.165, 1.54) is 17.8 Å². The van der Waals surface area contributed by atoms with Gasteiger partial charge in [0.2, 0.25) is 10.0 Å². The fourth-order valence-corrected chi connectivity index (χ4v) is 4.67. The van der Waals surface area contributed by atoms with Gasteiger partial charge in [-0.15, -0.1) is 11.3 Å². The topological polar surface area (TPSA) is 60.2 Å². The fraction of sp³-hybridized carbons (Fsp3) is 0. The summed E-state index contributed by atoms with van der Waals surface area (Å²) in [5, 5.41) is 6.18. The molecule has 8 heteroatoms. The average molecular weight is 340 g/mol. The molecular formula is C10H7Cl2NO2S3. The SMILES string of the molecule is NS(=O)(=O)c1ccc(Sc2cc(Cl)ccc2Cl)s1. The first-order valence-electron chi connectivity index (χ1n) is 4.62. The smallest absolute Gasteiger partial charge is 0.224 e. The van der Waals surface area contributed by atoms with E-state index in [4.69, 9.17) is 28.3 Å². The number of hydrogen-bond donors (Lipinski definition) is 1. The Balaban J connectivity index is 2.29. The van der Waals surface area contributed by atoms with Gasteiger partial charge in [-0.3, -0.25) is 0 Å². The van der Waals surface area contributed by atoms with Crippen molar-refractivity contribution in [2.75, 3.05) is 0 Å². The number of rotatable bonds is 3. The molecule has 0 saturated carbocycles. The quantitative estimate of drug-likeness (QED) is 0.923. The van der Waals surface area contributed by atoms with Crippen molar-refractivity contribution in [1.29, 1.82) is 0 Å². The minimum absolute atomic E-state index is 0.128. The second kappa shape index (κ2) is 5.40. The van der Waals surface area contributed by atoms with E-state index in [1.54, 1.807) is 24.3 Å². The first kappa shape index (κ1) is 14.2. The van der Waals surface area contributed by atoms with E-state index in [1.807, 2.05) is 0 Å². The van der Waals surface area contributed by atoms with Crippen LogP contribution in [0.3, 0.4) is 0 Å². The summed E-state index contributed by atoms with van der Waals surface area (Å²) in [6.07, 6.45) is 0. The van der Waals surface area contributed by atoms with Crippen molar-refractivity contribution in [1.82, 2.24) is 0 Å². The molecule has 0 spiro atoms. The van der Waals surface area contributed by atoms with Gasteiger partial charge in [-0.25, -0.2) is 13.6 Å². The van der Waals surface area contributed by atoms with Gasteiger partial charge in [-0.05, 0) is 30.3 Å². The fourth-order valence-electron chi connectivity index (χ4n) is 1.17. The summed E-state index contributed by atoms with van der Waals surface area (Å²) in [6.45, 7) is 0. The Hall–Kier alpha value is -0.240. The molecule has 96 valence electrons. The minimum Gasteiger partial charge on any atom is -0.224 e. The maximum Gasteiger partial charge on any atom is 0.247 e. The van der Waals surface area contributed by atoms with Gasteiger partial charge in [0.1, 0.15) is 4.21 Å². The summed E-state index contributed by atoms with van der Waals surface area (Å²) in [5.41, 5.74) is 0. The lowest BCUT2D eigenvalue weighted by molar-refractivity contribution is 0.600. The van der Waals surface area contributed by atoms with E-state index in [0.29, 0.717) is 10.0 Å². The van der Waals surface area contributed by atoms with Crippen LogP contribution < -0.4 is 5.14 Å². The number of nitrogens with two attached hydrogens (primary N) is 1. The molecule has 0 fully saturated rings. The molecule has 0 atom stereocenters. The van der Waals surface area contributed by atoms with Crippen LogP contribution in [0, 0.1) is 0 Å². The summed E-state index contributed by atoms with van der Waals surface area (Å²) in [6, 6.07) is 8.27. The molecule has 0 aliphatic heterocycles. The zero-order valence-corrected chi connectivity index (χ0v) is 12.7. The van der Waals surface area contributed by atoms with Crippen molar-refractivity contribution in [3.63, 3.8) is 0 Å². The molecule has 0 amide bonds. The standard InChI is InChI=1S/C10H7Cl2NO2S3/c11-6-1-2-7(12)8(5-6)16-9-3-4-10(17-9)18(13,14)15/h1-5H,(H2,13,14,15). The molecule has 0 radical (unpaired) electrons. The highest BCUT2D eigenvalue weighted by atomic mass is 35.5. The van der Waals surface area contributed by atoms with E-state index < -0.39 is 10.0 Å². The van der Waals surface area contributed by atoms with Crippen LogP contribution in [0.1, 0.15) is 0 Å². The number of benzene rings is 1. The molecule has 18 heavy (non-hydrogen) atoms. The highest BCUT2D eigenvalue weighted by molar-refractivity contribution is 8.01. The maximum absolute atomic E-state index is 11.2. The first-order chi connectivity index (χ1) is 8.36. The van der Waals surface area contributed by atoms with E-state index in [0.717, 1.165) is 20.4 Å². The van der Waals surface area contributed by atoms with Crippen molar-refractivity contribution in [2.45, 2.75) is 13.3 Å². The molecule has 0 aliphatic rings. The van der Waals surface area contributed by atoms with E-state index >= 15 is 0 Å². The van der Waals surface area contributed by atoms with E-state index in [-0.39, 0.29) is 4.21 Å². The van der Waals surface area contributed by atoms with Crippen molar-refractivity contribution in [2.24, 2.45) is 5.14 Å². The third-order valence-corrected chi connectivity index (χ3v) is 6.33. The van der Waals surface area contributed by atoms with E-state index in [9.17, 15) is 8.42 Å². The predicted octanol–water partition coefficient (Wildman–Crippen LogP) is 3.85. The Morgan fingerprint density at radius 3 is 2.50 bits per heavy atom. The number of hydrogen-bond acceptors (Lipinski definition) is 4. The van der Waals surface area contributed by atoms with Crippen LogP contribution in [0.2, 0.25) is 10.0 Å². The molecule has 3 nitrogen and oxygen atoms in total. The lowest BCUT2D eigenvalue weighted by Gasteiger charge is -2.02. The summed E-state index contributed by atoms with van der Waals surface area (Å²) in [4.78, 5) is 0.770. The average Bonchev–Trinajstić information content (AvgIpc) is 2.71. The van der Waals surface area contributed by atoms with Gasteiger partial charge in [-0.2, -0.15) is 0 Å². The second-order valence-electron chi connectivity index (χ2n) is 3.30. The summed E-state index contributed by atoms with van der Waals surface area (Å²) in [5.74, 6) is 0. The Morgan fingerprint density at radius 2 is 1.89 bits per heavy atom. The highest BCUT2D eigenvalue weighted by Gasteiger charge is 2.12. The molecule has 0 saturated heterocycles. The molecule has 0 aliphatic carbocycles. The molecule has 2 N–H and O–H groups in total. The molecule has 0 bridgehead atoms. The van der Waals surface area contributed by atoms with Gasteiger partial charge in [-0.1, -0.05) is 35.0 Å². The minimum atomic E-state index is -3.65. The first-order valence-corrected chi connectivity index (χ1v) is 8.55. The number of thiophene rings is 1. The zero-order valence-electron chi connectivity index (χ0n) is 8.76. The zero-order chi connectivity index (χ0) is 13.3. The molecule has 1 heterocycles. The number of sulfonamides is 1. The third-order valence-electron chi connectivity index (χ3n) is 1.94. The van der Waals surface area contributed by atoms with Crippen LogP contribution in [0.25, 0.3) is 0 Å². The molecule has 0 unspecified atom stereocenters. The Labute approximate surface area is 123 Å². The van der Waals surface area contributed by atoms with Gasteiger partial charge in [0, 0.05) is 9.92 Å². The number of primary sulfonamides is 1. The number of halogens is 2. The third kappa shape index (κ3) is 3.40. The summed E-state index contributed by atoms with van der Waals surface area (Å²) >= 11 is 14.3.